The maximum absolute atomic E-state index is 9.44. The van der Waals surface area contributed by atoms with Crippen molar-refractivity contribution in [1.82, 2.24) is 5.16 Å². The summed E-state index contributed by atoms with van der Waals surface area (Å²) in [7, 11) is 0. The van der Waals surface area contributed by atoms with Crippen LogP contribution >= 0.6 is 0 Å². The number of nitriles is 1. The van der Waals surface area contributed by atoms with Gasteiger partial charge in [0.15, 0.2) is 0 Å². The van der Waals surface area contributed by atoms with E-state index in [1.54, 1.807) is 12.2 Å². The fraction of sp³-hybridized carbons (Fsp3) is 0.385. The highest BCUT2D eigenvalue weighted by molar-refractivity contribution is 5.38. The second-order valence-corrected chi connectivity index (χ2v) is 3.88. The lowest BCUT2D eigenvalue weighted by Crippen LogP contribution is -2.24. The van der Waals surface area contributed by atoms with Gasteiger partial charge in [0.1, 0.15) is 5.76 Å². The number of rotatable bonds is 5. The van der Waals surface area contributed by atoms with Crippen molar-refractivity contribution in [1.29, 1.82) is 5.26 Å². The van der Waals surface area contributed by atoms with Crippen LogP contribution in [0, 0.1) is 25.2 Å². The lowest BCUT2D eigenvalue weighted by atomic mass is 9.75. The van der Waals surface area contributed by atoms with Crippen LogP contribution in [-0.2, 0) is 5.41 Å². The van der Waals surface area contributed by atoms with Crippen molar-refractivity contribution in [3.8, 4) is 6.07 Å². The lowest BCUT2D eigenvalue weighted by molar-refractivity contribution is 0.389. The molecular formula is C13H16N2O. The molecule has 0 aromatic carbocycles. The van der Waals surface area contributed by atoms with Gasteiger partial charge >= 0.3 is 0 Å². The van der Waals surface area contributed by atoms with Crippen molar-refractivity contribution in [2.75, 3.05) is 0 Å². The maximum Gasteiger partial charge on any atom is 0.138 e. The van der Waals surface area contributed by atoms with E-state index in [4.69, 9.17) is 4.52 Å². The zero-order valence-corrected chi connectivity index (χ0v) is 9.79. The largest absolute Gasteiger partial charge is 0.361 e. The Labute approximate surface area is 96.1 Å². The maximum atomic E-state index is 9.44. The summed E-state index contributed by atoms with van der Waals surface area (Å²) in [6.45, 7) is 11.1. The molecule has 0 saturated carbocycles. The van der Waals surface area contributed by atoms with Gasteiger partial charge in [-0.1, -0.05) is 17.3 Å². The molecule has 0 aliphatic heterocycles. The second kappa shape index (κ2) is 4.80. The molecule has 84 valence electrons. The first-order valence-electron chi connectivity index (χ1n) is 5.17. The van der Waals surface area contributed by atoms with Crippen LogP contribution < -0.4 is 0 Å². The van der Waals surface area contributed by atoms with Crippen LogP contribution in [0.5, 0.6) is 0 Å². The molecule has 0 amide bonds. The van der Waals surface area contributed by atoms with Gasteiger partial charge in [0.2, 0.25) is 0 Å². The number of aryl methyl sites for hydroxylation is 2. The predicted molar refractivity (Wildman–Crippen MR) is 62.9 cm³/mol. The Bertz CT molecular complexity index is 408. The minimum atomic E-state index is -0.641. The molecule has 3 heteroatoms. The van der Waals surface area contributed by atoms with Crippen LogP contribution in [-0.4, -0.2) is 5.16 Å². The molecule has 0 atom stereocenters. The van der Waals surface area contributed by atoms with Gasteiger partial charge in [-0.2, -0.15) is 5.26 Å². The Morgan fingerprint density at radius 3 is 2.25 bits per heavy atom. The third-order valence-electron chi connectivity index (χ3n) is 2.71. The van der Waals surface area contributed by atoms with Crippen LogP contribution in [0.3, 0.4) is 0 Å². The molecule has 0 fully saturated rings. The normalized spacial score (nSPS) is 10.8. The van der Waals surface area contributed by atoms with Gasteiger partial charge < -0.3 is 4.52 Å². The zero-order valence-electron chi connectivity index (χ0n) is 9.79. The quantitative estimate of drug-likeness (QED) is 0.710. The number of nitrogens with zero attached hydrogens (tertiary/aromatic N) is 2. The van der Waals surface area contributed by atoms with Crippen LogP contribution in [0.25, 0.3) is 0 Å². The molecule has 1 rings (SSSR count). The van der Waals surface area contributed by atoms with E-state index in [-0.39, 0.29) is 0 Å². The summed E-state index contributed by atoms with van der Waals surface area (Å²) in [5.41, 5.74) is 0.995. The number of allylic oxidation sites excluding steroid dienone is 2. The Hall–Kier alpha value is -1.82. The zero-order chi connectivity index (χ0) is 12.2. The van der Waals surface area contributed by atoms with E-state index in [9.17, 15) is 5.26 Å². The van der Waals surface area contributed by atoms with E-state index in [0.717, 1.165) is 11.3 Å². The lowest BCUT2D eigenvalue weighted by Gasteiger charge is -2.23. The highest BCUT2D eigenvalue weighted by Gasteiger charge is 2.35. The average Bonchev–Trinajstić information content (AvgIpc) is 2.59. The molecule has 1 aromatic heterocycles. The van der Waals surface area contributed by atoms with Crippen LogP contribution in [0.15, 0.2) is 29.8 Å². The molecule has 0 radical (unpaired) electrons. The standard InChI is InChI=1S/C13H16N2O/c1-5-7-13(9-14,8-6-2)12-10(3)15-16-11(12)4/h5-6H,1-2,7-8H2,3-4H3. The van der Waals surface area contributed by atoms with Crippen molar-refractivity contribution in [2.45, 2.75) is 32.1 Å². The molecule has 16 heavy (non-hydrogen) atoms. The minimum absolute atomic E-state index is 0.568. The van der Waals surface area contributed by atoms with E-state index in [1.165, 1.54) is 0 Å². The van der Waals surface area contributed by atoms with Gasteiger partial charge in [0, 0.05) is 5.56 Å². The van der Waals surface area contributed by atoms with Crippen molar-refractivity contribution in [2.24, 2.45) is 0 Å². The monoisotopic (exact) mass is 216 g/mol. The fourth-order valence-electron chi connectivity index (χ4n) is 2.09. The molecule has 1 aromatic rings. The van der Waals surface area contributed by atoms with Gasteiger partial charge in [-0.25, -0.2) is 0 Å². The van der Waals surface area contributed by atoms with Gasteiger partial charge in [0.05, 0.1) is 17.2 Å². The Morgan fingerprint density at radius 2 is 1.94 bits per heavy atom. The molecule has 3 nitrogen and oxygen atoms in total. The Morgan fingerprint density at radius 1 is 1.38 bits per heavy atom. The summed E-state index contributed by atoms with van der Waals surface area (Å²) < 4.78 is 5.13. The van der Waals surface area contributed by atoms with Crippen molar-refractivity contribution in [3.63, 3.8) is 0 Å². The SMILES string of the molecule is C=CCC(C#N)(CC=C)c1c(C)noc1C. The first-order chi connectivity index (χ1) is 7.61. The Kier molecular flexibility index (Phi) is 3.68. The third kappa shape index (κ3) is 1.92. The van der Waals surface area contributed by atoms with Crippen LogP contribution in [0.4, 0.5) is 0 Å². The van der Waals surface area contributed by atoms with Gasteiger partial charge in [-0.3, -0.25) is 0 Å². The number of aromatic nitrogens is 1. The smallest absolute Gasteiger partial charge is 0.138 e. The summed E-state index contributed by atoms with van der Waals surface area (Å²) in [4.78, 5) is 0. The predicted octanol–water partition coefficient (Wildman–Crippen LogP) is 3.21. The highest BCUT2D eigenvalue weighted by atomic mass is 16.5. The summed E-state index contributed by atoms with van der Waals surface area (Å²) in [5.74, 6) is 0.697. The molecule has 0 saturated heterocycles. The Balaban J connectivity index is 3.35. The fourth-order valence-corrected chi connectivity index (χ4v) is 2.09. The van der Waals surface area contributed by atoms with E-state index in [2.05, 4.69) is 24.4 Å². The van der Waals surface area contributed by atoms with Crippen LogP contribution in [0.1, 0.15) is 29.9 Å². The highest BCUT2D eigenvalue weighted by Crippen LogP contribution is 2.36. The molecule has 0 N–H and O–H groups in total. The molecule has 0 bridgehead atoms. The molecule has 0 spiro atoms. The van der Waals surface area contributed by atoms with E-state index in [1.807, 2.05) is 13.8 Å². The third-order valence-corrected chi connectivity index (χ3v) is 2.71. The van der Waals surface area contributed by atoms with Crippen molar-refractivity contribution < 1.29 is 4.52 Å². The summed E-state index contributed by atoms with van der Waals surface area (Å²) >= 11 is 0. The molecule has 1 heterocycles. The average molecular weight is 216 g/mol. The molecule has 0 unspecified atom stereocenters. The van der Waals surface area contributed by atoms with Gasteiger partial charge in [-0.05, 0) is 26.7 Å². The molecule has 0 aliphatic rings. The molecular weight excluding hydrogens is 200 g/mol. The number of hydrogen-bond donors (Lipinski definition) is 0. The number of hydrogen-bond acceptors (Lipinski definition) is 3. The van der Waals surface area contributed by atoms with E-state index >= 15 is 0 Å². The van der Waals surface area contributed by atoms with E-state index in [0.29, 0.717) is 18.6 Å². The van der Waals surface area contributed by atoms with Crippen LogP contribution in [0.2, 0.25) is 0 Å². The summed E-state index contributed by atoms with van der Waals surface area (Å²) in [5, 5.41) is 13.3. The summed E-state index contributed by atoms with van der Waals surface area (Å²) in [6, 6.07) is 2.36. The van der Waals surface area contributed by atoms with E-state index < -0.39 is 5.41 Å². The summed E-state index contributed by atoms with van der Waals surface area (Å²) in [6.07, 6.45) is 4.63. The van der Waals surface area contributed by atoms with Crippen molar-refractivity contribution in [3.05, 3.63) is 42.3 Å². The topological polar surface area (TPSA) is 49.8 Å². The second-order valence-electron chi connectivity index (χ2n) is 3.88. The van der Waals surface area contributed by atoms with Gasteiger partial charge in [0.25, 0.3) is 0 Å². The van der Waals surface area contributed by atoms with Gasteiger partial charge in [-0.15, -0.1) is 13.2 Å². The molecule has 0 aliphatic carbocycles. The first kappa shape index (κ1) is 12.3. The first-order valence-corrected chi connectivity index (χ1v) is 5.17. The minimum Gasteiger partial charge on any atom is -0.361 e. The van der Waals surface area contributed by atoms with Crippen molar-refractivity contribution >= 4 is 0 Å².